The Balaban J connectivity index is 1.16. The first-order chi connectivity index (χ1) is 36.9. The highest BCUT2D eigenvalue weighted by Crippen LogP contribution is 2.43. The number of rotatable bonds is 13. The summed E-state index contributed by atoms with van der Waals surface area (Å²) in [5, 5.41) is 2.31. The molecule has 10 rings (SSSR count). The van der Waals surface area contributed by atoms with Crippen LogP contribution in [0.15, 0.2) is 176 Å². The van der Waals surface area contributed by atoms with Crippen LogP contribution in [0.5, 0.6) is 11.5 Å². The Morgan fingerprint density at radius 2 is 1.12 bits per heavy atom. The number of pyridine rings is 1. The zero-order valence-corrected chi connectivity index (χ0v) is 49.2. The minimum Gasteiger partial charge on any atom is -0.458 e. The van der Waals surface area contributed by atoms with E-state index in [-0.39, 0.29) is 21.7 Å². The van der Waals surface area contributed by atoms with Crippen molar-refractivity contribution in [3.05, 3.63) is 233 Å². The van der Waals surface area contributed by atoms with Crippen LogP contribution in [0.1, 0.15) is 179 Å². The van der Waals surface area contributed by atoms with Gasteiger partial charge in [0.15, 0.2) is 0 Å². The average molecular weight is 1030 g/mol. The van der Waals surface area contributed by atoms with Crippen molar-refractivity contribution in [2.45, 2.75) is 150 Å². The summed E-state index contributed by atoms with van der Waals surface area (Å²) in [6.07, 6.45) is 8.09. The number of aromatic nitrogens is 4. The highest BCUT2D eigenvalue weighted by molar-refractivity contribution is 6.10. The van der Waals surface area contributed by atoms with Crippen molar-refractivity contribution in [3.63, 3.8) is 0 Å². The number of ether oxygens (including phenoxy) is 1. The fourth-order valence-electron chi connectivity index (χ4n) is 11.3. The molecule has 3 aromatic heterocycles. The molecule has 78 heavy (non-hydrogen) atoms. The molecule has 7 aromatic carbocycles. The molecule has 0 bridgehead atoms. The number of imidazole rings is 1. The van der Waals surface area contributed by atoms with Crippen LogP contribution < -0.4 is 9.30 Å². The molecule has 0 aliphatic rings. The van der Waals surface area contributed by atoms with E-state index in [1.165, 1.54) is 55.5 Å². The topological polar surface area (TPSA) is 35.9 Å². The van der Waals surface area contributed by atoms with Crippen molar-refractivity contribution < 1.29 is 9.30 Å². The lowest BCUT2D eigenvalue weighted by molar-refractivity contribution is -0.599. The van der Waals surface area contributed by atoms with E-state index in [1.807, 2.05) is 6.20 Å². The van der Waals surface area contributed by atoms with Gasteiger partial charge in [-0.1, -0.05) is 202 Å². The second kappa shape index (κ2) is 20.4. The van der Waals surface area contributed by atoms with Crippen molar-refractivity contribution in [2.75, 3.05) is 0 Å². The van der Waals surface area contributed by atoms with E-state index in [2.05, 4.69) is 301 Å². The minimum atomic E-state index is -0.381. The smallest absolute Gasteiger partial charge is 0.269 e. The second-order valence-electron chi connectivity index (χ2n) is 25.9. The number of fused-ring (bicyclic) bond motifs is 3. The molecule has 0 atom stereocenters. The van der Waals surface area contributed by atoms with Gasteiger partial charge >= 0.3 is 0 Å². The van der Waals surface area contributed by atoms with Crippen molar-refractivity contribution in [1.82, 2.24) is 14.1 Å². The van der Waals surface area contributed by atoms with Gasteiger partial charge in [0.1, 0.15) is 17.3 Å². The quantitative estimate of drug-likeness (QED) is 0.0852. The summed E-state index contributed by atoms with van der Waals surface area (Å²) in [5.74, 6) is 3.48. The van der Waals surface area contributed by atoms with Crippen molar-refractivity contribution in [2.24, 2.45) is 0 Å². The van der Waals surface area contributed by atoms with Crippen LogP contribution in [0.4, 0.5) is 0 Å². The lowest BCUT2D eigenvalue weighted by Crippen LogP contribution is -2.29. The first-order valence-electron chi connectivity index (χ1n) is 28.3. The van der Waals surface area contributed by atoms with Gasteiger partial charge < -0.3 is 4.74 Å². The lowest BCUT2D eigenvalue weighted by Gasteiger charge is -2.28. The van der Waals surface area contributed by atoms with Crippen LogP contribution in [-0.2, 0) is 21.7 Å². The fourth-order valence-corrected chi connectivity index (χ4v) is 11.3. The Hall–Kier alpha value is -7.50. The number of hydrogen-bond donors (Lipinski definition) is 0. The molecule has 0 spiro atoms. The third-order valence-corrected chi connectivity index (χ3v) is 16.4. The highest BCUT2D eigenvalue weighted by Gasteiger charge is 2.31. The fraction of sp³-hybridized carbons (Fsp3) is 0.315. The second-order valence-corrected chi connectivity index (χ2v) is 25.9. The zero-order valence-electron chi connectivity index (χ0n) is 49.2. The van der Waals surface area contributed by atoms with E-state index < -0.39 is 0 Å². The highest BCUT2D eigenvalue weighted by atomic mass is 16.5. The molecule has 3 heterocycles. The molecule has 10 aromatic rings. The standard InChI is InChI=1S/C73H80N4O/c1-47(2)51-36-62(48(3)4)69(63(37-51)49(5)6)50-34-35-74-68(38-50)77-65-33-30-55(72(13,14)52-24-19-17-20-25-52)42-64(65)61-32-31-59(44-66(61)77)78-60-41-56(71(10,11)12)40-58(43-60)76-46-75(57-29-23-28-54(39-57)70(7,8)9)45-67(76)73(15,16)53-26-21-18-22-27-53/h17-45,47-49H,1-16H3. The van der Waals surface area contributed by atoms with Crippen LogP contribution in [0.3, 0.4) is 0 Å². The maximum absolute atomic E-state index is 7.20. The largest absolute Gasteiger partial charge is 0.458 e. The van der Waals surface area contributed by atoms with Gasteiger partial charge in [-0.3, -0.25) is 13.7 Å². The van der Waals surface area contributed by atoms with E-state index >= 15 is 0 Å². The summed E-state index contributed by atoms with van der Waals surface area (Å²) in [6.45, 7) is 36.8. The monoisotopic (exact) mass is 1030 g/mol. The zero-order chi connectivity index (χ0) is 55.6. The Labute approximate surface area is 465 Å². The molecule has 0 radical (unpaired) electrons. The summed E-state index contributed by atoms with van der Waals surface area (Å²) in [7, 11) is 0. The summed E-state index contributed by atoms with van der Waals surface area (Å²) < 4.78 is 14.0. The molecule has 0 aliphatic carbocycles. The van der Waals surface area contributed by atoms with E-state index in [1.54, 1.807) is 0 Å². The van der Waals surface area contributed by atoms with Crippen LogP contribution in [-0.4, -0.2) is 14.1 Å². The van der Waals surface area contributed by atoms with Crippen LogP contribution in [0, 0.1) is 6.33 Å². The van der Waals surface area contributed by atoms with Crippen molar-refractivity contribution in [1.29, 1.82) is 0 Å². The first-order valence-corrected chi connectivity index (χ1v) is 28.3. The van der Waals surface area contributed by atoms with Gasteiger partial charge in [0.25, 0.3) is 6.33 Å². The average Bonchev–Trinajstić information content (AvgIpc) is 4.02. The predicted octanol–water partition coefficient (Wildman–Crippen LogP) is 19.1. The minimum absolute atomic E-state index is 0.00612. The lowest BCUT2D eigenvalue weighted by atomic mass is 9.78. The molecular formula is C73H80N4O. The van der Waals surface area contributed by atoms with Gasteiger partial charge in [0.05, 0.1) is 28.1 Å². The molecular weight excluding hydrogens is 949 g/mol. The molecule has 0 unspecified atom stereocenters. The Morgan fingerprint density at radius 1 is 0.487 bits per heavy atom. The molecule has 0 saturated carbocycles. The number of hydrogen-bond acceptors (Lipinski definition) is 2. The third-order valence-electron chi connectivity index (χ3n) is 16.4. The van der Waals surface area contributed by atoms with Crippen LogP contribution in [0.25, 0.3) is 50.1 Å². The van der Waals surface area contributed by atoms with Gasteiger partial charge in [-0.05, 0) is 151 Å². The molecule has 0 N–H and O–H groups in total. The van der Waals surface area contributed by atoms with E-state index in [9.17, 15) is 0 Å². The molecule has 0 fully saturated rings. The van der Waals surface area contributed by atoms with E-state index in [4.69, 9.17) is 9.72 Å². The SMILES string of the molecule is CC(C)c1cc(C(C)C)c(-c2ccnc(-n3c4ccc(C(C)(C)c5ccccc5)cc4c4ccc(Oc5cc(-n6[c-][n+](-c7cccc(C(C)(C)C)c7)cc6C(C)(C)c6ccccc6)cc(C(C)(C)C)c5)cc43)c2)c(C(C)C)c1. The van der Waals surface area contributed by atoms with Gasteiger partial charge in [0.2, 0.25) is 0 Å². The van der Waals surface area contributed by atoms with E-state index in [0.29, 0.717) is 17.8 Å². The van der Waals surface area contributed by atoms with Crippen molar-refractivity contribution in [3.8, 4) is 39.8 Å². The number of nitrogens with zero attached hydrogens (tertiary/aromatic N) is 4. The maximum atomic E-state index is 7.20. The molecule has 398 valence electrons. The number of benzene rings is 7. The summed E-state index contributed by atoms with van der Waals surface area (Å²) in [4.78, 5) is 5.22. The van der Waals surface area contributed by atoms with Gasteiger partial charge in [0, 0.05) is 40.1 Å². The Morgan fingerprint density at radius 3 is 1.73 bits per heavy atom. The predicted molar refractivity (Wildman–Crippen MR) is 327 cm³/mol. The van der Waals surface area contributed by atoms with Gasteiger partial charge in [-0.25, -0.2) is 4.98 Å². The molecule has 0 saturated heterocycles. The van der Waals surface area contributed by atoms with E-state index in [0.717, 1.165) is 56.4 Å². The molecule has 0 amide bonds. The first kappa shape index (κ1) is 53.9. The van der Waals surface area contributed by atoms with Crippen LogP contribution >= 0.6 is 0 Å². The Kier molecular flexibility index (Phi) is 14.1. The third kappa shape index (κ3) is 10.2. The summed E-state index contributed by atoms with van der Waals surface area (Å²) in [5.41, 5.74) is 17.3. The molecule has 5 nitrogen and oxygen atoms in total. The summed E-state index contributed by atoms with van der Waals surface area (Å²) >= 11 is 0. The van der Waals surface area contributed by atoms with Gasteiger partial charge in [-0.15, -0.1) is 0 Å². The van der Waals surface area contributed by atoms with Crippen molar-refractivity contribution >= 4 is 21.8 Å². The van der Waals surface area contributed by atoms with Gasteiger partial charge in [-0.2, -0.15) is 0 Å². The molecule has 5 heteroatoms. The van der Waals surface area contributed by atoms with Crippen LogP contribution in [0.2, 0.25) is 0 Å². The normalized spacial score (nSPS) is 12.7. The summed E-state index contributed by atoms with van der Waals surface area (Å²) in [6, 6.07) is 60.2. The maximum Gasteiger partial charge on any atom is 0.269 e. The molecule has 0 aliphatic heterocycles. The Bertz CT molecular complexity index is 3780.